The second-order valence-corrected chi connectivity index (χ2v) is 5.39. The monoisotopic (exact) mass is 314 g/mol. The zero-order valence-electron chi connectivity index (χ0n) is 10.2. The third-order valence-electron chi connectivity index (χ3n) is 3.24. The summed E-state index contributed by atoms with van der Waals surface area (Å²) in [5, 5.41) is 3.07. The number of benzene rings is 1. The summed E-state index contributed by atoms with van der Waals surface area (Å²) in [5.74, 6) is -0.678. The average molecular weight is 315 g/mol. The molecule has 3 nitrogen and oxygen atoms in total. The van der Waals surface area contributed by atoms with Crippen LogP contribution in [0.5, 0.6) is 0 Å². The van der Waals surface area contributed by atoms with Crippen LogP contribution in [-0.2, 0) is 0 Å². The summed E-state index contributed by atoms with van der Waals surface area (Å²) in [6.45, 7) is 1.46. The highest BCUT2D eigenvalue weighted by Crippen LogP contribution is 2.22. The molecule has 1 aromatic rings. The number of amides is 1. The van der Waals surface area contributed by atoms with E-state index >= 15 is 0 Å². The Hall–Kier alpha value is -0.940. The molecule has 0 aliphatic carbocycles. The zero-order chi connectivity index (χ0) is 13.1. The Bertz CT molecular complexity index is 453. The number of hydrogen-bond donors (Lipinski definition) is 1. The molecule has 1 saturated heterocycles. The Balaban J connectivity index is 2.20. The molecule has 1 aromatic carbocycles. The Morgan fingerprint density at radius 3 is 3.06 bits per heavy atom. The van der Waals surface area contributed by atoms with Crippen molar-refractivity contribution < 1.29 is 9.18 Å². The van der Waals surface area contributed by atoms with Crippen LogP contribution in [0, 0.1) is 5.82 Å². The largest absolute Gasteiger partial charge is 0.334 e. The van der Waals surface area contributed by atoms with E-state index in [0.717, 1.165) is 19.4 Å². The number of carbonyl (C=O) groups excluding carboxylic acids is 1. The SMILES string of the molecule is CNC[C@@H]1CCCN1C(=O)c1ccc(Br)cc1F. The minimum atomic E-state index is -0.468. The molecule has 0 aromatic heterocycles. The molecule has 1 heterocycles. The molecule has 1 aliphatic heterocycles. The first-order chi connectivity index (χ1) is 8.63. The topological polar surface area (TPSA) is 32.3 Å². The van der Waals surface area contributed by atoms with Gasteiger partial charge in [-0.15, -0.1) is 0 Å². The standard InChI is InChI=1S/C13H16BrFN2O/c1-16-8-10-3-2-6-17(10)13(18)11-5-4-9(14)7-12(11)15/h4-5,7,10,16H,2-3,6,8H2,1H3/t10-/m0/s1. The fraction of sp³-hybridized carbons (Fsp3) is 0.462. The number of carbonyl (C=O) groups is 1. The Labute approximate surface area is 114 Å². The van der Waals surface area contributed by atoms with Gasteiger partial charge in [0.15, 0.2) is 0 Å². The van der Waals surface area contributed by atoms with Gasteiger partial charge in [0, 0.05) is 23.6 Å². The van der Waals surface area contributed by atoms with Gasteiger partial charge in [0.25, 0.3) is 5.91 Å². The van der Waals surface area contributed by atoms with Crippen molar-refractivity contribution in [2.75, 3.05) is 20.1 Å². The lowest BCUT2D eigenvalue weighted by molar-refractivity contribution is 0.0732. The van der Waals surface area contributed by atoms with Gasteiger partial charge in [0.05, 0.1) is 5.56 Å². The van der Waals surface area contributed by atoms with E-state index in [1.807, 2.05) is 7.05 Å². The average Bonchev–Trinajstić information content (AvgIpc) is 2.77. The summed E-state index contributed by atoms with van der Waals surface area (Å²) in [5.41, 5.74) is 0.154. The van der Waals surface area contributed by atoms with Gasteiger partial charge in [0.2, 0.25) is 0 Å². The molecule has 2 rings (SSSR count). The van der Waals surface area contributed by atoms with Crippen molar-refractivity contribution in [1.82, 2.24) is 10.2 Å². The van der Waals surface area contributed by atoms with Crippen molar-refractivity contribution in [1.29, 1.82) is 0 Å². The maximum Gasteiger partial charge on any atom is 0.257 e. The van der Waals surface area contributed by atoms with Crippen LogP contribution >= 0.6 is 15.9 Å². The first-order valence-corrected chi connectivity index (χ1v) is 6.83. The highest BCUT2D eigenvalue weighted by Gasteiger charge is 2.30. The second kappa shape index (κ2) is 5.80. The second-order valence-electron chi connectivity index (χ2n) is 4.48. The van der Waals surface area contributed by atoms with Crippen molar-refractivity contribution in [3.8, 4) is 0 Å². The van der Waals surface area contributed by atoms with Gasteiger partial charge in [-0.2, -0.15) is 0 Å². The van der Waals surface area contributed by atoms with Crippen LogP contribution < -0.4 is 5.32 Å². The lowest BCUT2D eigenvalue weighted by atomic mass is 10.1. The van der Waals surface area contributed by atoms with Gasteiger partial charge in [0.1, 0.15) is 5.82 Å². The maximum absolute atomic E-state index is 13.8. The van der Waals surface area contributed by atoms with E-state index in [2.05, 4.69) is 21.2 Å². The number of nitrogens with zero attached hydrogens (tertiary/aromatic N) is 1. The van der Waals surface area contributed by atoms with Crippen LogP contribution in [0.1, 0.15) is 23.2 Å². The number of halogens is 2. The van der Waals surface area contributed by atoms with E-state index < -0.39 is 5.82 Å². The van der Waals surface area contributed by atoms with Gasteiger partial charge in [-0.1, -0.05) is 15.9 Å². The molecule has 98 valence electrons. The molecule has 0 saturated carbocycles. The summed E-state index contributed by atoms with van der Waals surface area (Å²) >= 11 is 3.19. The van der Waals surface area contributed by atoms with E-state index in [1.165, 1.54) is 12.1 Å². The quantitative estimate of drug-likeness (QED) is 0.929. The fourth-order valence-corrected chi connectivity index (χ4v) is 2.70. The van der Waals surface area contributed by atoms with E-state index in [0.29, 0.717) is 11.0 Å². The Morgan fingerprint density at radius 2 is 2.39 bits per heavy atom. The first kappa shape index (κ1) is 13.5. The fourth-order valence-electron chi connectivity index (χ4n) is 2.37. The van der Waals surface area contributed by atoms with E-state index in [9.17, 15) is 9.18 Å². The molecule has 0 bridgehead atoms. The number of hydrogen-bond acceptors (Lipinski definition) is 2. The van der Waals surface area contributed by atoms with Crippen molar-refractivity contribution >= 4 is 21.8 Å². The van der Waals surface area contributed by atoms with Crippen LogP contribution in [0.15, 0.2) is 22.7 Å². The molecule has 1 fully saturated rings. The smallest absolute Gasteiger partial charge is 0.257 e. The predicted octanol–water partition coefficient (Wildman–Crippen LogP) is 2.41. The molecule has 1 aliphatic rings. The van der Waals surface area contributed by atoms with Crippen molar-refractivity contribution in [3.05, 3.63) is 34.1 Å². The number of nitrogens with one attached hydrogen (secondary N) is 1. The summed E-state index contributed by atoms with van der Waals surface area (Å²) in [6, 6.07) is 4.73. The lowest BCUT2D eigenvalue weighted by Gasteiger charge is -2.24. The predicted molar refractivity (Wildman–Crippen MR) is 72.1 cm³/mol. The third kappa shape index (κ3) is 2.72. The zero-order valence-corrected chi connectivity index (χ0v) is 11.8. The summed E-state index contributed by atoms with van der Waals surface area (Å²) in [4.78, 5) is 14.1. The van der Waals surface area contributed by atoms with Crippen molar-refractivity contribution in [2.24, 2.45) is 0 Å². The normalized spacial score (nSPS) is 19.3. The van der Waals surface area contributed by atoms with Crippen molar-refractivity contribution in [2.45, 2.75) is 18.9 Å². The molecule has 5 heteroatoms. The van der Waals surface area contributed by atoms with Crippen LogP contribution in [-0.4, -0.2) is 37.0 Å². The molecule has 1 amide bonds. The number of likely N-dealkylation sites (tertiary alicyclic amines) is 1. The molecule has 0 spiro atoms. The molecule has 18 heavy (non-hydrogen) atoms. The van der Waals surface area contributed by atoms with Gasteiger partial charge >= 0.3 is 0 Å². The molecule has 0 unspecified atom stereocenters. The maximum atomic E-state index is 13.8. The van der Waals surface area contributed by atoms with Crippen LogP contribution in [0.4, 0.5) is 4.39 Å². The summed E-state index contributed by atoms with van der Waals surface area (Å²) in [6.07, 6.45) is 1.96. The molecule has 0 radical (unpaired) electrons. The van der Waals surface area contributed by atoms with Gasteiger partial charge < -0.3 is 10.2 Å². The van der Waals surface area contributed by atoms with Gasteiger partial charge in [-0.3, -0.25) is 4.79 Å². The van der Waals surface area contributed by atoms with Gasteiger partial charge in [-0.05, 0) is 38.1 Å². The van der Waals surface area contributed by atoms with Crippen LogP contribution in [0.3, 0.4) is 0 Å². The molecule has 1 N–H and O–H groups in total. The number of rotatable bonds is 3. The minimum Gasteiger partial charge on any atom is -0.334 e. The summed E-state index contributed by atoms with van der Waals surface area (Å²) in [7, 11) is 1.86. The van der Waals surface area contributed by atoms with E-state index in [-0.39, 0.29) is 17.5 Å². The molecular formula is C13H16BrFN2O. The van der Waals surface area contributed by atoms with Crippen LogP contribution in [0.2, 0.25) is 0 Å². The first-order valence-electron chi connectivity index (χ1n) is 6.04. The highest BCUT2D eigenvalue weighted by molar-refractivity contribution is 9.10. The third-order valence-corrected chi connectivity index (χ3v) is 3.73. The molecular weight excluding hydrogens is 299 g/mol. The van der Waals surface area contributed by atoms with E-state index in [4.69, 9.17) is 0 Å². The van der Waals surface area contributed by atoms with Gasteiger partial charge in [-0.25, -0.2) is 4.39 Å². The Kier molecular flexibility index (Phi) is 4.35. The Morgan fingerprint density at radius 1 is 1.61 bits per heavy atom. The summed E-state index contributed by atoms with van der Waals surface area (Å²) < 4.78 is 14.4. The number of likely N-dealkylation sites (N-methyl/N-ethyl adjacent to an activating group) is 1. The highest BCUT2D eigenvalue weighted by atomic mass is 79.9. The van der Waals surface area contributed by atoms with Crippen LogP contribution in [0.25, 0.3) is 0 Å². The lowest BCUT2D eigenvalue weighted by Crippen LogP contribution is -2.41. The van der Waals surface area contributed by atoms with Crippen molar-refractivity contribution in [3.63, 3.8) is 0 Å². The minimum absolute atomic E-state index is 0.154. The van der Waals surface area contributed by atoms with E-state index in [1.54, 1.807) is 11.0 Å². The molecule has 1 atom stereocenters.